The highest BCUT2D eigenvalue weighted by Crippen LogP contribution is 2.38. The minimum atomic E-state index is 0.0382. The van der Waals surface area contributed by atoms with Crippen molar-refractivity contribution in [3.63, 3.8) is 0 Å². The molecule has 0 bridgehead atoms. The van der Waals surface area contributed by atoms with Gasteiger partial charge in [0.25, 0.3) is 0 Å². The van der Waals surface area contributed by atoms with Crippen LogP contribution < -0.4 is 14.2 Å². The van der Waals surface area contributed by atoms with Gasteiger partial charge < -0.3 is 23.7 Å². The van der Waals surface area contributed by atoms with Gasteiger partial charge in [-0.25, -0.2) is 0 Å². The maximum atomic E-state index is 10.8. The van der Waals surface area contributed by atoms with Gasteiger partial charge in [0, 0.05) is 12.7 Å². The second-order valence-corrected chi connectivity index (χ2v) is 3.54. The predicted molar refractivity (Wildman–Crippen MR) is 68.3 cm³/mol. The fourth-order valence-electron chi connectivity index (χ4n) is 1.41. The van der Waals surface area contributed by atoms with Gasteiger partial charge in [-0.3, -0.25) is 4.79 Å². The van der Waals surface area contributed by atoms with E-state index < -0.39 is 0 Å². The normalized spacial score (nSPS) is 10.1. The van der Waals surface area contributed by atoms with Gasteiger partial charge in [0.1, 0.15) is 6.29 Å². The zero-order chi connectivity index (χ0) is 14.1. The smallest absolute Gasteiger partial charge is 0.206 e. The van der Waals surface area contributed by atoms with Crippen molar-refractivity contribution in [3.8, 4) is 17.2 Å². The molecule has 6 heteroatoms. The Morgan fingerprint density at radius 2 is 1.68 bits per heavy atom. The van der Waals surface area contributed by atoms with E-state index >= 15 is 0 Å². The van der Waals surface area contributed by atoms with Crippen LogP contribution in [0, 0.1) is 0 Å². The molecule has 0 N–H and O–H groups in total. The zero-order valence-corrected chi connectivity index (χ0v) is 11.3. The molecule has 0 heterocycles. The molecule has 1 aromatic carbocycles. The zero-order valence-electron chi connectivity index (χ0n) is 11.3. The van der Waals surface area contributed by atoms with Crippen LogP contribution in [0.4, 0.5) is 0 Å². The molecule has 0 aliphatic heterocycles. The van der Waals surface area contributed by atoms with Crippen LogP contribution in [0.5, 0.6) is 17.2 Å². The molecule has 106 valence electrons. The highest BCUT2D eigenvalue weighted by atomic mass is 16.7. The summed E-state index contributed by atoms with van der Waals surface area (Å²) in [5.41, 5.74) is 0.446. The molecule has 1 aromatic rings. The fourth-order valence-corrected chi connectivity index (χ4v) is 1.41. The number of carbonyl (C=O) groups excluding carboxylic acids is 1. The van der Waals surface area contributed by atoms with E-state index in [0.717, 1.165) is 0 Å². The third kappa shape index (κ3) is 4.42. The Labute approximate surface area is 112 Å². The van der Waals surface area contributed by atoms with Gasteiger partial charge in [-0.15, -0.1) is 0 Å². The van der Waals surface area contributed by atoms with Crippen molar-refractivity contribution in [2.24, 2.45) is 0 Å². The van der Waals surface area contributed by atoms with Crippen LogP contribution in [0.1, 0.15) is 10.4 Å². The van der Waals surface area contributed by atoms with Crippen LogP contribution in [0.3, 0.4) is 0 Å². The van der Waals surface area contributed by atoms with Gasteiger partial charge in [0.05, 0.1) is 27.4 Å². The van der Waals surface area contributed by atoms with Crippen molar-refractivity contribution < 1.29 is 28.5 Å². The summed E-state index contributed by atoms with van der Waals surface area (Å²) >= 11 is 0. The van der Waals surface area contributed by atoms with Crippen LogP contribution in [0.25, 0.3) is 0 Å². The monoisotopic (exact) mass is 270 g/mol. The van der Waals surface area contributed by atoms with Gasteiger partial charge in [-0.05, 0) is 12.1 Å². The maximum Gasteiger partial charge on any atom is 0.206 e. The van der Waals surface area contributed by atoms with Crippen LogP contribution in [0.2, 0.25) is 0 Å². The van der Waals surface area contributed by atoms with Gasteiger partial charge >= 0.3 is 0 Å². The molecule has 0 aromatic heterocycles. The number of methoxy groups -OCH3 is 3. The average Bonchev–Trinajstić information content (AvgIpc) is 2.46. The van der Waals surface area contributed by atoms with Crippen LogP contribution in [-0.4, -0.2) is 47.6 Å². The summed E-state index contributed by atoms with van der Waals surface area (Å²) in [5, 5.41) is 0. The number of carbonyl (C=O) groups is 1. The standard InChI is InChI=1S/C13H18O6/c1-15-4-5-18-9-19-13-11(16-2)6-10(8-14)7-12(13)17-3/h6-8H,4-5,9H2,1-3H3. The van der Waals surface area contributed by atoms with E-state index in [-0.39, 0.29) is 6.79 Å². The molecule has 6 nitrogen and oxygen atoms in total. The summed E-state index contributed by atoms with van der Waals surface area (Å²) in [4.78, 5) is 10.8. The lowest BCUT2D eigenvalue weighted by Crippen LogP contribution is -2.09. The molecule has 0 amide bonds. The summed E-state index contributed by atoms with van der Waals surface area (Å²) in [6, 6.07) is 3.14. The van der Waals surface area contributed by atoms with E-state index in [2.05, 4.69) is 0 Å². The first-order valence-corrected chi connectivity index (χ1v) is 5.67. The van der Waals surface area contributed by atoms with Crippen LogP contribution in [-0.2, 0) is 9.47 Å². The summed E-state index contributed by atoms with van der Waals surface area (Å²) in [5.74, 6) is 1.22. The molecule has 0 aliphatic carbocycles. The first-order valence-electron chi connectivity index (χ1n) is 5.67. The van der Waals surface area contributed by atoms with Crippen molar-refractivity contribution >= 4 is 6.29 Å². The Bertz CT molecular complexity index is 379. The molecule has 19 heavy (non-hydrogen) atoms. The van der Waals surface area contributed by atoms with Gasteiger partial charge in [-0.2, -0.15) is 0 Å². The lowest BCUT2D eigenvalue weighted by molar-refractivity contribution is -0.0105. The second kappa shape index (κ2) is 8.34. The number of ether oxygens (including phenoxy) is 5. The Morgan fingerprint density at radius 1 is 1.05 bits per heavy atom. The van der Waals surface area contributed by atoms with E-state index in [0.29, 0.717) is 42.3 Å². The number of rotatable bonds is 9. The molecule has 0 aliphatic rings. The minimum absolute atomic E-state index is 0.0382. The number of hydrogen-bond acceptors (Lipinski definition) is 6. The number of aldehydes is 1. The molecule has 0 atom stereocenters. The topological polar surface area (TPSA) is 63.2 Å². The summed E-state index contributed by atoms with van der Waals surface area (Å²) in [6.07, 6.45) is 0.712. The summed E-state index contributed by atoms with van der Waals surface area (Å²) < 4.78 is 25.8. The van der Waals surface area contributed by atoms with Crippen LogP contribution >= 0.6 is 0 Å². The molecule has 0 unspecified atom stereocenters. The van der Waals surface area contributed by atoms with E-state index in [1.54, 1.807) is 19.2 Å². The Hall–Kier alpha value is -1.79. The van der Waals surface area contributed by atoms with Crippen molar-refractivity contribution in [2.45, 2.75) is 0 Å². The Morgan fingerprint density at radius 3 is 2.16 bits per heavy atom. The first kappa shape index (κ1) is 15.3. The number of benzene rings is 1. The highest BCUT2D eigenvalue weighted by Gasteiger charge is 2.14. The maximum absolute atomic E-state index is 10.8. The van der Waals surface area contributed by atoms with E-state index in [4.69, 9.17) is 23.7 Å². The Kier molecular flexibility index (Phi) is 6.70. The van der Waals surface area contributed by atoms with Gasteiger partial charge in [-0.1, -0.05) is 0 Å². The number of hydrogen-bond donors (Lipinski definition) is 0. The van der Waals surface area contributed by atoms with Crippen molar-refractivity contribution in [1.29, 1.82) is 0 Å². The van der Waals surface area contributed by atoms with Crippen molar-refractivity contribution in [1.82, 2.24) is 0 Å². The first-order chi connectivity index (χ1) is 9.26. The molecule has 0 fully saturated rings. The third-order valence-corrected chi connectivity index (χ3v) is 2.34. The summed E-state index contributed by atoms with van der Waals surface area (Å²) in [7, 11) is 4.57. The van der Waals surface area contributed by atoms with Crippen molar-refractivity contribution in [2.75, 3.05) is 41.3 Å². The van der Waals surface area contributed by atoms with Crippen LogP contribution in [0.15, 0.2) is 12.1 Å². The molecular formula is C13H18O6. The minimum Gasteiger partial charge on any atom is -0.493 e. The lowest BCUT2D eigenvalue weighted by Gasteiger charge is -2.14. The molecule has 1 rings (SSSR count). The second-order valence-electron chi connectivity index (χ2n) is 3.54. The molecule has 0 saturated carbocycles. The van der Waals surface area contributed by atoms with E-state index in [1.165, 1.54) is 14.2 Å². The molecule has 0 spiro atoms. The van der Waals surface area contributed by atoms with Gasteiger partial charge in [0.2, 0.25) is 5.75 Å². The predicted octanol–water partition coefficient (Wildman–Crippen LogP) is 1.52. The largest absolute Gasteiger partial charge is 0.493 e. The molecule has 0 saturated heterocycles. The molecular weight excluding hydrogens is 252 g/mol. The average molecular weight is 270 g/mol. The summed E-state index contributed by atoms with van der Waals surface area (Å²) in [6.45, 7) is 0.950. The van der Waals surface area contributed by atoms with E-state index in [1.807, 2.05) is 0 Å². The SMILES string of the molecule is COCCOCOc1c(OC)cc(C=O)cc1OC. The quantitative estimate of drug-likeness (QED) is 0.385. The van der Waals surface area contributed by atoms with E-state index in [9.17, 15) is 4.79 Å². The Balaban J connectivity index is 2.76. The molecule has 0 radical (unpaired) electrons. The highest BCUT2D eigenvalue weighted by molar-refractivity contribution is 5.78. The lowest BCUT2D eigenvalue weighted by atomic mass is 10.2. The van der Waals surface area contributed by atoms with Crippen molar-refractivity contribution in [3.05, 3.63) is 17.7 Å². The van der Waals surface area contributed by atoms with Gasteiger partial charge in [0.15, 0.2) is 18.3 Å². The fraction of sp³-hybridized carbons (Fsp3) is 0.462. The third-order valence-electron chi connectivity index (χ3n) is 2.34.